The lowest BCUT2D eigenvalue weighted by Gasteiger charge is -2.23. The Labute approximate surface area is 167 Å². The van der Waals surface area contributed by atoms with Gasteiger partial charge in [0.25, 0.3) is 0 Å². The smallest absolute Gasteiger partial charge is 0.239 e. The number of aliphatic hydroxyl groups is 1. The van der Waals surface area contributed by atoms with Crippen LogP contribution in [0.15, 0.2) is 12.3 Å². The standard InChI is InChI=1S/C19H36N4O5/c1-5-20-17(26)11-23-18(27)12-22-16(25)9-7-6-8-10-21-15(2)13-28-19(3,4)14-24/h21,24H,2,5-14H2,1,3-4H3,(H,20,26)(H,22,25)(H,23,27). The molecule has 0 heterocycles. The molecule has 9 nitrogen and oxygen atoms in total. The molecule has 0 fully saturated rings. The summed E-state index contributed by atoms with van der Waals surface area (Å²) in [5.74, 6) is -0.846. The van der Waals surface area contributed by atoms with Crippen LogP contribution in [0.3, 0.4) is 0 Å². The van der Waals surface area contributed by atoms with Crippen molar-refractivity contribution in [1.29, 1.82) is 0 Å². The van der Waals surface area contributed by atoms with Crippen LogP contribution in [-0.4, -0.2) is 67.8 Å². The summed E-state index contributed by atoms with van der Waals surface area (Å²) in [6.45, 7) is 10.5. The summed E-state index contributed by atoms with van der Waals surface area (Å²) in [4.78, 5) is 34.4. The maximum Gasteiger partial charge on any atom is 0.239 e. The van der Waals surface area contributed by atoms with E-state index in [1.165, 1.54) is 0 Å². The molecule has 0 aliphatic carbocycles. The molecule has 28 heavy (non-hydrogen) atoms. The van der Waals surface area contributed by atoms with Crippen LogP contribution in [0.25, 0.3) is 0 Å². The molecule has 0 aliphatic heterocycles. The Morgan fingerprint density at radius 2 is 1.54 bits per heavy atom. The highest BCUT2D eigenvalue weighted by Crippen LogP contribution is 2.08. The number of hydrogen-bond donors (Lipinski definition) is 5. The van der Waals surface area contributed by atoms with E-state index in [2.05, 4.69) is 27.8 Å². The topological polar surface area (TPSA) is 129 Å². The second-order valence-corrected chi connectivity index (χ2v) is 7.05. The van der Waals surface area contributed by atoms with Crippen LogP contribution in [0.5, 0.6) is 0 Å². The van der Waals surface area contributed by atoms with Crippen molar-refractivity contribution in [3.05, 3.63) is 12.3 Å². The molecule has 162 valence electrons. The fourth-order valence-corrected chi connectivity index (χ4v) is 2.00. The van der Waals surface area contributed by atoms with Crippen molar-refractivity contribution in [1.82, 2.24) is 21.3 Å². The monoisotopic (exact) mass is 400 g/mol. The Kier molecular flexibility index (Phi) is 13.7. The maximum atomic E-state index is 11.7. The first kappa shape index (κ1) is 25.9. The van der Waals surface area contributed by atoms with Gasteiger partial charge < -0.3 is 31.1 Å². The van der Waals surface area contributed by atoms with E-state index in [1.54, 1.807) is 20.8 Å². The van der Waals surface area contributed by atoms with Gasteiger partial charge in [0.05, 0.1) is 31.9 Å². The summed E-state index contributed by atoms with van der Waals surface area (Å²) >= 11 is 0. The van der Waals surface area contributed by atoms with Gasteiger partial charge in [0, 0.05) is 25.2 Å². The largest absolute Gasteiger partial charge is 0.393 e. The predicted octanol–water partition coefficient (Wildman–Crippen LogP) is -0.194. The first-order chi connectivity index (χ1) is 13.2. The Balaban J connectivity index is 3.63. The van der Waals surface area contributed by atoms with Crippen molar-refractivity contribution in [2.45, 2.75) is 52.1 Å². The van der Waals surface area contributed by atoms with Crippen LogP contribution in [0.2, 0.25) is 0 Å². The molecule has 0 atom stereocenters. The van der Waals surface area contributed by atoms with Crippen LogP contribution in [0.1, 0.15) is 46.5 Å². The number of aliphatic hydroxyl groups excluding tert-OH is 1. The summed E-state index contributed by atoms with van der Waals surface area (Å²) in [6.07, 6.45) is 2.80. The van der Waals surface area contributed by atoms with Crippen LogP contribution in [-0.2, 0) is 19.1 Å². The van der Waals surface area contributed by atoms with Gasteiger partial charge in [-0.1, -0.05) is 13.0 Å². The lowest BCUT2D eigenvalue weighted by atomic mass is 10.1. The number of hydrogen-bond acceptors (Lipinski definition) is 6. The van der Waals surface area contributed by atoms with Gasteiger partial charge in [0.2, 0.25) is 17.7 Å². The van der Waals surface area contributed by atoms with Gasteiger partial charge in [0.15, 0.2) is 0 Å². The number of nitrogens with one attached hydrogen (secondary N) is 4. The molecule has 0 unspecified atom stereocenters. The summed E-state index contributed by atoms with van der Waals surface area (Å²) in [6, 6.07) is 0. The third-order valence-corrected chi connectivity index (χ3v) is 3.74. The third kappa shape index (κ3) is 15.0. The summed E-state index contributed by atoms with van der Waals surface area (Å²) < 4.78 is 5.52. The summed E-state index contributed by atoms with van der Waals surface area (Å²) in [5.41, 5.74) is 0.162. The zero-order valence-electron chi connectivity index (χ0n) is 17.4. The summed E-state index contributed by atoms with van der Waals surface area (Å²) in [7, 11) is 0. The Bertz CT molecular complexity index is 509. The van der Waals surface area contributed by atoms with E-state index < -0.39 is 11.5 Å². The molecule has 0 saturated carbocycles. The molecule has 0 bridgehead atoms. The van der Waals surface area contributed by atoms with Gasteiger partial charge in [-0.3, -0.25) is 14.4 Å². The second-order valence-electron chi connectivity index (χ2n) is 7.05. The highest BCUT2D eigenvalue weighted by molar-refractivity contribution is 5.88. The molecule has 3 amide bonds. The van der Waals surface area contributed by atoms with Crippen molar-refractivity contribution >= 4 is 17.7 Å². The number of carbonyl (C=O) groups is 3. The third-order valence-electron chi connectivity index (χ3n) is 3.74. The van der Waals surface area contributed by atoms with Crippen LogP contribution >= 0.6 is 0 Å². The lowest BCUT2D eigenvalue weighted by molar-refractivity contribution is -0.127. The quantitative estimate of drug-likeness (QED) is 0.228. The molecule has 0 saturated heterocycles. The zero-order valence-corrected chi connectivity index (χ0v) is 17.4. The molecule has 0 radical (unpaired) electrons. The number of likely N-dealkylation sites (N-methyl/N-ethyl adjacent to an activating group) is 1. The molecule has 0 aliphatic rings. The van der Waals surface area contributed by atoms with E-state index >= 15 is 0 Å². The van der Waals surface area contributed by atoms with Crippen LogP contribution < -0.4 is 21.3 Å². The van der Waals surface area contributed by atoms with Gasteiger partial charge >= 0.3 is 0 Å². The Morgan fingerprint density at radius 3 is 2.14 bits per heavy atom. The van der Waals surface area contributed by atoms with Crippen molar-refractivity contribution in [3.63, 3.8) is 0 Å². The molecule has 0 rings (SSSR count). The van der Waals surface area contributed by atoms with E-state index in [0.29, 0.717) is 26.0 Å². The molecule has 9 heteroatoms. The molecular weight excluding hydrogens is 364 g/mol. The highest BCUT2D eigenvalue weighted by atomic mass is 16.5. The predicted molar refractivity (Wildman–Crippen MR) is 107 cm³/mol. The van der Waals surface area contributed by atoms with Gasteiger partial charge in [-0.25, -0.2) is 0 Å². The van der Waals surface area contributed by atoms with E-state index in [0.717, 1.165) is 25.1 Å². The van der Waals surface area contributed by atoms with Gasteiger partial charge in [-0.2, -0.15) is 0 Å². The number of rotatable bonds is 16. The number of carbonyl (C=O) groups excluding carboxylic acids is 3. The molecular formula is C19H36N4O5. The first-order valence-electron chi connectivity index (χ1n) is 9.66. The van der Waals surface area contributed by atoms with Gasteiger partial charge in [-0.15, -0.1) is 0 Å². The molecule has 0 aromatic heterocycles. The van der Waals surface area contributed by atoms with E-state index in [4.69, 9.17) is 9.84 Å². The minimum absolute atomic E-state index is 0.0573. The summed E-state index contributed by atoms with van der Waals surface area (Å²) in [5, 5.41) is 19.8. The molecule has 5 N–H and O–H groups in total. The van der Waals surface area contributed by atoms with E-state index in [9.17, 15) is 14.4 Å². The SMILES string of the molecule is C=C(COC(C)(C)CO)NCCCCCC(=O)NCC(=O)NCC(=O)NCC. The van der Waals surface area contributed by atoms with Crippen molar-refractivity contribution in [2.75, 3.05) is 39.4 Å². The molecule has 0 aromatic rings. The highest BCUT2D eigenvalue weighted by Gasteiger charge is 2.16. The van der Waals surface area contributed by atoms with E-state index in [1.807, 2.05) is 0 Å². The molecule has 0 aromatic carbocycles. The minimum Gasteiger partial charge on any atom is -0.393 e. The average Bonchev–Trinajstić information content (AvgIpc) is 2.66. The first-order valence-corrected chi connectivity index (χ1v) is 9.66. The van der Waals surface area contributed by atoms with E-state index in [-0.39, 0.29) is 31.5 Å². The van der Waals surface area contributed by atoms with Crippen molar-refractivity contribution in [2.24, 2.45) is 0 Å². The maximum absolute atomic E-state index is 11.7. The van der Waals surface area contributed by atoms with Gasteiger partial charge in [0.1, 0.15) is 0 Å². The Morgan fingerprint density at radius 1 is 0.929 bits per heavy atom. The van der Waals surface area contributed by atoms with Crippen molar-refractivity contribution < 1.29 is 24.2 Å². The number of ether oxygens (including phenoxy) is 1. The number of amides is 3. The Hall–Kier alpha value is -2.13. The minimum atomic E-state index is -0.586. The normalized spacial score (nSPS) is 10.9. The zero-order chi connectivity index (χ0) is 21.4. The van der Waals surface area contributed by atoms with Crippen molar-refractivity contribution in [3.8, 4) is 0 Å². The van der Waals surface area contributed by atoms with Crippen LogP contribution in [0.4, 0.5) is 0 Å². The fraction of sp³-hybridized carbons (Fsp3) is 0.737. The lowest BCUT2D eigenvalue weighted by Crippen LogP contribution is -2.41. The fourth-order valence-electron chi connectivity index (χ4n) is 2.00. The molecule has 0 spiro atoms. The average molecular weight is 401 g/mol. The number of unbranched alkanes of at least 4 members (excludes halogenated alkanes) is 2. The second kappa shape index (κ2) is 14.9. The van der Waals surface area contributed by atoms with Gasteiger partial charge in [-0.05, 0) is 33.6 Å². The van der Waals surface area contributed by atoms with Crippen LogP contribution in [0, 0.1) is 0 Å².